The van der Waals surface area contributed by atoms with E-state index in [-0.39, 0.29) is 24.2 Å². The predicted octanol–water partition coefficient (Wildman–Crippen LogP) is -1.34. The van der Waals surface area contributed by atoms with E-state index in [0.717, 1.165) is 24.3 Å². The minimum absolute atomic E-state index is 0.0792. The van der Waals surface area contributed by atoms with Crippen molar-refractivity contribution in [2.45, 2.75) is 55.6 Å². The molecule has 2 aromatic carbocycles. The molecule has 3 heterocycles. The molecule has 3 aromatic rings. The van der Waals surface area contributed by atoms with Crippen LogP contribution >= 0.6 is 0 Å². The number of fused-ring (bicyclic) bond motifs is 1. The Bertz CT molecular complexity index is 1500. The molecule has 2 aliphatic heterocycles. The lowest BCUT2D eigenvalue weighted by molar-refractivity contribution is -0.290. The van der Waals surface area contributed by atoms with Crippen LogP contribution in [0.5, 0.6) is 34.5 Å². The van der Waals surface area contributed by atoms with Crippen LogP contribution in [0.25, 0.3) is 22.3 Å². The highest BCUT2D eigenvalue weighted by molar-refractivity contribution is 5.88. The molecular formula is C26H28O16. The van der Waals surface area contributed by atoms with E-state index >= 15 is 0 Å². The van der Waals surface area contributed by atoms with E-state index in [2.05, 4.69) is 0 Å². The van der Waals surface area contributed by atoms with Gasteiger partial charge in [-0.1, -0.05) is 0 Å². The smallest absolute Gasteiger partial charge is 0.239 e. The third kappa shape index (κ3) is 5.37. The number of aliphatic hydroxyl groups is 5. The van der Waals surface area contributed by atoms with Crippen molar-refractivity contribution < 1.29 is 74.4 Å². The number of rotatable bonds is 7. The number of hydrogen-bond acceptors (Lipinski definition) is 16. The van der Waals surface area contributed by atoms with Crippen molar-refractivity contribution in [1.29, 1.82) is 0 Å². The molecule has 5 rings (SSSR count). The molecule has 2 saturated heterocycles. The van der Waals surface area contributed by atoms with Crippen LogP contribution in [0.3, 0.4) is 0 Å². The summed E-state index contributed by atoms with van der Waals surface area (Å²) in [5.74, 6) is -5.00. The first-order chi connectivity index (χ1) is 19.9. The first-order valence-electron chi connectivity index (χ1n) is 12.6. The van der Waals surface area contributed by atoms with E-state index in [1.165, 1.54) is 0 Å². The van der Waals surface area contributed by atoms with Crippen LogP contribution < -0.4 is 10.2 Å². The largest absolute Gasteiger partial charge is 0.508 e. The number of benzene rings is 2. The lowest BCUT2D eigenvalue weighted by atomic mass is 9.99. The van der Waals surface area contributed by atoms with Crippen molar-refractivity contribution in [2.24, 2.45) is 0 Å². The molecule has 0 amide bonds. The Morgan fingerprint density at radius 2 is 1.52 bits per heavy atom. The van der Waals surface area contributed by atoms with E-state index in [1.54, 1.807) is 0 Å². The third-order valence-electron chi connectivity index (χ3n) is 6.93. The van der Waals surface area contributed by atoms with Gasteiger partial charge >= 0.3 is 0 Å². The van der Waals surface area contributed by atoms with Gasteiger partial charge in [0, 0.05) is 24.1 Å². The van der Waals surface area contributed by atoms with Crippen molar-refractivity contribution in [3.8, 4) is 45.8 Å². The van der Waals surface area contributed by atoms with Gasteiger partial charge < -0.3 is 74.4 Å². The van der Waals surface area contributed by atoms with Gasteiger partial charge in [-0.2, -0.15) is 0 Å². The summed E-state index contributed by atoms with van der Waals surface area (Å²) in [6, 6.07) is 3.63. The maximum absolute atomic E-state index is 13.6. The molecule has 42 heavy (non-hydrogen) atoms. The summed E-state index contributed by atoms with van der Waals surface area (Å²) in [6.07, 6.45) is -11.8. The second kappa shape index (κ2) is 11.4. The van der Waals surface area contributed by atoms with E-state index in [0.29, 0.717) is 0 Å². The van der Waals surface area contributed by atoms with Gasteiger partial charge in [-0.05, 0) is 12.1 Å². The number of aromatic hydroxyl groups is 5. The van der Waals surface area contributed by atoms with Crippen LogP contribution in [0.1, 0.15) is 6.42 Å². The van der Waals surface area contributed by atoms with Gasteiger partial charge in [-0.3, -0.25) is 4.79 Å². The second-order valence-corrected chi connectivity index (χ2v) is 9.87. The number of hydrogen-bond donors (Lipinski definition) is 10. The average molecular weight is 596 g/mol. The van der Waals surface area contributed by atoms with Gasteiger partial charge in [0.15, 0.2) is 29.3 Å². The number of aliphatic hydroxyl groups excluding tert-OH is 5. The Morgan fingerprint density at radius 1 is 0.833 bits per heavy atom. The zero-order valence-corrected chi connectivity index (χ0v) is 21.5. The minimum Gasteiger partial charge on any atom is -0.508 e. The molecule has 0 radical (unpaired) electrons. The SMILES string of the molecule is O=c1c(O[C@@H]2O[C@H](CO[C@@H]3O[C@H](CO)C[C@H]3O)[C@H](O)[C@H](O)[C@H]2O)c(-c2cc(O)c(O)c(O)c2)oc2cc(O)cc(O)c12. The first-order valence-corrected chi connectivity index (χ1v) is 12.6. The summed E-state index contributed by atoms with van der Waals surface area (Å²) < 4.78 is 27.7. The summed E-state index contributed by atoms with van der Waals surface area (Å²) in [7, 11) is 0. The van der Waals surface area contributed by atoms with Crippen LogP contribution in [-0.2, 0) is 14.2 Å². The van der Waals surface area contributed by atoms with Gasteiger partial charge in [0.2, 0.25) is 17.5 Å². The molecule has 228 valence electrons. The van der Waals surface area contributed by atoms with E-state index in [4.69, 9.17) is 23.4 Å². The second-order valence-electron chi connectivity index (χ2n) is 9.87. The molecular weight excluding hydrogens is 568 g/mol. The highest BCUT2D eigenvalue weighted by atomic mass is 16.7. The minimum atomic E-state index is -1.97. The monoisotopic (exact) mass is 596 g/mol. The van der Waals surface area contributed by atoms with Crippen molar-refractivity contribution in [1.82, 2.24) is 0 Å². The van der Waals surface area contributed by atoms with Crippen LogP contribution in [0, 0.1) is 0 Å². The molecule has 2 fully saturated rings. The molecule has 0 spiro atoms. The summed E-state index contributed by atoms with van der Waals surface area (Å²) >= 11 is 0. The van der Waals surface area contributed by atoms with Gasteiger partial charge in [-0.15, -0.1) is 0 Å². The Balaban J connectivity index is 1.51. The van der Waals surface area contributed by atoms with Gasteiger partial charge in [0.25, 0.3) is 0 Å². The Labute approximate surface area is 235 Å². The standard InChI is InChI=1S/C26H28O16/c27-6-10-5-14(32)25(39-10)38-7-16-19(34)21(36)22(37)26(41-16)42-24-20(35)17-11(29)3-9(28)4-15(17)40-23(24)8-1-12(30)18(33)13(31)2-8/h1-4,10,14,16,19,21-22,25-34,36-37H,5-7H2/t10-,14+,16+,19-,21-,22+,25+,26-/m0/s1. The summed E-state index contributed by atoms with van der Waals surface area (Å²) in [6.45, 7) is -0.883. The van der Waals surface area contributed by atoms with Crippen LogP contribution in [0.4, 0.5) is 0 Å². The number of phenolic OH excluding ortho intramolecular Hbond substituents is 5. The molecule has 16 nitrogen and oxygen atoms in total. The fourth-order valence-electron chi connectivity index (χ4n) is 4.74. The van der Waals surface area contributed by atoms with E-state index < -0.39 is 107 Å². The normalized spacial score (nSPS) is 29.6. The van der Waals surface area contributed by atoms with E-state index in [1.807, 2.05) is 0 Å². The quantitative estimate of drug-likeness (QED) is 0.141. The number of ether oxygens (including phenoxy) is 4. The Kier molecular flexibility index (Phi) is 8.06. The number of phenols is 5. The third-order valence-corrected chi connectivity index (χ3v) is 6.93. The molecule has 1 aromatic heterocycles. The first kappa shape index (κ1) is 29.6. The zero-order chi connectivity index (χ0) is 30.5. The molecule has 0 aliphatic carbocycles. The molecule has 0 saturated carbocycles. The molecule has 10 N–H and O–H groups in total. The molecule has 8 atom stereocenters. The zero-order valence-electron chi connectivity index (χ0n) is 21.5. The average Bonchev–Trinajstić information content (AvgIpc) is 3.31. The lowest BCUT2D eigenvalue weighted by Crippen LogP contribution is -2.60. The predicted molar refractivity (Wildman–Crippen MR) is 136 cm³/mol. The van der Waals surface area contributed by atoms with Crippen LogP contribution in [0.15, 0.2) is 33.5 Å². The van der Waals surface area contributed by atoms with Crippen molar-refractivity contribution >= 4 is 11.0 Å². The lowest BCUT2D eigenvalue weighted by Gasteiger charge is -2.40. The van der Waals surface area contributed by atoms with E-state index in [9.17, 15) is 55.9 Å². The van der Waals surface area contributed by atoms with Crippen LogP contribution in [-0.4, -0.2) is 113 Å². The van der Waals surface area contributed by atoms with Crippen LogP contribution in [0.2, 0.25) is 0 Å². The molecule has 0 unspecified atom stereocenters. The molecule has 0 bridgehead atoms. The van der Waals surface area contributed by atoms with Crippen molar-refractivity contribution in [3.63, 3.8) is 0 Å². The molecule has 2 aliphatic rings. The van der Waals surface area contributed by atoms with Crippen molar-refractivity contribution in [2.75, 3.05) is 13.2 Å². The highest BCUT2D eigenvalue weighted by Crippen LogP contribution is 2.43. The maximum Gasteiger partial charge on any atom is 0.239 e. The van der Waals surface area contributed by atoms with Gasteiger partial charge in [-0.25, -0.2) is 0 Å². The topological polar surface area (TPSA) is 269 Å². The fraction of sp³-hybridized carbons (Fsp3) is 0.423. The fourth-order valence-corrected chi connectivity index (χ4v) is 4.74. The summed E-state index contributed by atoms with van der Waals surface area (Å²) in [4.78, 5) is 13.6. The summed E-state index contributed by atoms with van der Waals surface area (Å²) in [5.41, 5.74) is -1.66. The Hall–Kier alpha value is -3.87. The van der Waals surface area contributed by atoms with Gasteiger partial charge in [0.05, 0.1) is 19.3 Å². The van der Waals surface area contributed by atoms with Crippen molar-refractivity contribution in [3.05, 3.63) is 34.5 Å². The highest BCUT2D eigenvalue weighted by Gasteiger charge is 2.46. The Morgan fingerprint density at radius 3 is 2.17 bits per heavy atom. The molecule has 16 heteroatoms. The maximum atomic E-state index is 13.6. The van der Waals surface area contributed by atoms with Gasteiger partial charge in [0.1, 0.15) is 53.0 Å². The summed E-state index contributed by atoms with van der Waals surface area (Å²) in [5, 5.41) is 100.